The second kappa shape index (κ2) is 7.13. The van der Waals surface area contributed by atoms with Crippen LogP contribution in [0, 0.1) is 13.8 Å². The number of aromatic nitrogens is 2. The van der Waals surface area contributed by atoms with E-state index in [1.165, 1.54) is 16.8 Å². The first kappa shape index (κ1) is 17.5. The van der Waals surface area contributed by atoms with Gasteiger partial charge < -0.3 is 10.2 Å². The summed E-state index contributed by atoms with van der Waals surface area (Å²) in [4.78, 5) is 2.04. The van der Waals surface area contributed by atoms with Crippen molar-refractivity contribution in [3.8, 4) is 0 Å². The van der Waals surface area contributed by atoms with Crippen molar-refractivity contribution in [1.82, 2.24) is 14.7 Å². The molecular weight excluding hydrogens is 304 g/mol. The Bertz CT molecular complexity index is 686. The predicted molar refractivity (Wildman–Crippen MR) is 101 cm³/mol. The average molecular weight is 331 g/mol. The van der Waals surface area contributed by atoms with Gasteiger partial charge in [0, 0.05) is 37.6 Å². The van der Waals surface area contributed by atoms with Crippen LogP contribution in [0.1, 0.15) is 42.3 Å². The molecule has 1 heterocycles. The Morgan fingerprint density at radius 2 is 1.87 bits per heavy atom. The summed E-state index contributed by atoms with van der Waals surface area (Å²) in [5.74, 6) is 0.537. The molecule has 5 heteroatoms. The van der Waals surface area contributed by atoms with Gasteiger partial charge in [-0.15, -0.1) is 0 Å². The van der Waals surface area contributed by atoms with Crippen LogP contribution in [-0.2, 0) is 13.6 Å². The zero-order valence-electron chi connectivity index (χ0n) is 14.8. The summed E-state index contributed by atoms with van der Waals surface area (Å²) < 4.78 is 1.92. The third-order valence-electron chi connectivity index (χ3n) is 4.23. The Kier molecular flexibility index (Phi) is 5.42. The highest BCUT2D eigenvalue weighted by Gasteiger charge is 2.13. The first-order chi connectivity index (χ1) is 10.8. The van der Waals surface area contributed by atoms with Gasteiger partial charge in [0.2, 0.25) is 0 Å². The van der Waals surface area contributed by atoms with Gasteiger partial charge in [-0.05, 0) is 49.7 Å². The fourth-order valence-corrected chi connectivity index (χ4v) is 2.71. The van der Waals surface area contributed by atoms with Crippen LogP contribution >= 0.6 is 12.2 Å². The molecule has 0 aliphatic carbocycles. The van der Waals surface area contributed by atoms with Crippen LogP contribution in [0.15, 0.2) is 24.3 Å². The second-order valence-corrected chi connectivity index (χ2v) is 6.72. The van der Waals surface area contributed by atoms with Crippen molar-refractivity contribution in [2.75, 3.05) is 12.4 Å². The summed E-state index contributed by atoms with van der Waals surface area (Å²) in [6.45, 7) is 9.27. The molecule has 0 spiro atoms. The fraction of sp³-hybridized carbons (Fsp3) is 0.444. The molecule has 1 N–H and O–H groups in total. The van der Waals surface area contributed by atoms with E-state index >= 15 is 0 Å². The van der Waals surface area contributed by atoms with Gasteiger partial charge in [-0.1, -0.05) is 26.0 Å². The molecular formula is C18H26N4S. The SMILES string of the molecule is Cc1nn(C)c(C)c1CN(C)C(=S)Nc1ccc(C(C)C)cc1. The molecule has 0 saturated carbocycles. The molecule has 1 aromatic heterocycles. The van der Waals surface area contributed by atoms with Gasteiger partial charge in [-0.3, -0.25) is 4.68 Å². The maximum atomic E-state index is 5.52. The maximum absolute atomic E-state index is 5.52. The van der Waals surface area contributed by atoms with Crippen LogP contribution in [0.2, 0.25) is 0 Å². The van der Waals surface area contributed by atoms with Crippen LogP contribution in [0.4, 0.5) is 5.69 Å². The number of nitrogens with one attached hydrogen (secondary N) is 1. The summed E-state index contributed by atoms with van der Waals surface area (Å²) in [5.41, 5.74) is 5.82. The Morgan fingerprint density at radius 1 is 1.26 bits per heavy atom. The summed E-state index contributed by atoms with van der Waals surface area (Å²) in [6, 6.07) is 8.45. The van der Waals surface area contributed by atoms with E-state index in [1.54, 1.807) is 0 Å². The lowest BCUT2D eigenvalue weighted by molar-refractivity contribution is 0.505. The standard InChI is InChI=1S/C18H26N4S/c1-12(2)15-7-9-16(10-8-15)19-18(23)21(5)11-17-13(3)20-22(6)14(17)4/h7-10,12H,11H2,1-6H3,(H,19,23). The fourth-order valence-electron chi connectivity index (χ4n) is 2.53. The molecule has 23 heavy (non-hydrogen) atoms. The largest absolute Gasteiger partial charge is 0.348 e. The van der Waals surface area contributed by atoms with Crippen LogP contribution < -0.4 is 5.32 Å². The van der Waals surface area contributed by atoms with Crippen LogP contribution in [-0.4, -0.2) is 26.8 Å². The van der Waals surface area contributed by atoms with Crippen molar-refractivity contribution in [2.24, 2.45) is 7.05 Å². The zero-order chi connectivity index (χ0) is 17.1. The summed E-state index contributed by atoms with van der Waals surface area (Å²) in [6.07, 6.45) is 0. The number of benzene rings is 1. The van der Waals surface area contributed by atoms with Crippen molar-refractivity contribution in [1.29, 1.82) is 0 Å². The van der Waals surface area contributed by atoms with Gasteiger partial charge in [0.05, 0.1) is 5.69 Å². The van der Waals surface area contributed by atoms with E-state index in [2.05, 4.69) is 55.5 Å². The zero-order valence-corrected chi connectivity index (χ0v) is 15.7. The Balaban J connectivity index is 2.02. The monoisotopic (exact) mass is 330 g/mol. The number of hydrogen-bond acceptors (Lipinski definition) is 2. The molecule has 0 amide bonds. The van der Waals surface area contributed by atoms with E-state index in [4.69, 9.17) is 12.2 Å². The quantitative estimate of drug-likeness (QED) is 0.859. The minimum Gasteiger partial charge on any atom is -0.348 e. The highest BCUT2D eigenvalue weighted by atomic mass is 32.1. The third kappa shape index (κ3) is 4.10. The third-order valence-corrected chi connectivity index (χ3v) is 4.64. The Labute approximate surface area is 144 Å². The molecule has 0 aliphatic heterocycles. The van der Waals surface area contributed by atoms with Gasteiger partial charge in [0.15, 0.2) is 5.11 Å². The van der Waals surface area contributed by atoms with Crippen molar-refractivity contribution >= 4 is 23.0 Å². The highest BCUT2D eigenvalue weighted by molar-refractivity contribution is 7.80. The molecule has 124 valence electrons. The molecule has 0 bridgehead atoms. The van der Waals surface area contributed by atoms with Crippen LogP contribution in [0.25, 0.3) is 0 Å². The van der Waals surface area contributed by atoms with E-state index in [9.17, 15) is 0 Å². The maximum Gasteiger partial charge on any atom is 0.173 e. The number of nitrogens with zero attached hydrogens (tertiary/aromatic N) is 3. The molecule has 0 aliphatic rings. The minimum atomic E-state index is 0.537. The molecule has 1 aromatic carbocycles. The lowest BCUT2D eigenvalue weighted by Crippen LogP contribution is -2.31. The summed E-state index contributed by atoms with van der Waals surface area (Å²) >= 11 is 5.52. The van der Waals surface area contributed by atoms with Crippen LogP contribution in [0.5, 0.6) is 0 Å². The first-order valence-electron chi connectivity index (χ1n) is 7.90. The number of rotatable bonds is 4. The van der Waals surface area contributed by atoms with Crippen molar-refractivity contribution in [3.63, 3.8) is 0 Å². The van der Waals surface area contributed by atoms with Gasteiger partial charge in [0.25, 0.3) is 0 Å². The van der Waals surface area contributed by atoms with Gasteiger partial charge >= 0.3 is 0 Å². The second-order valence-electron chi connectivity index (χ2n) is 6.34. The Hall–Kier alpha value is -1.88. The summed E-state index contributed by atoms with van der Waals surface area (Å²) in [5, 5.41) is 8.48. The number of thiocarbonyl (C=S) groups is 1. The van der Waals surface area contributed by atoms with Gasteiger partial charge in [-0.2, -0.15) is 5.10 Å². The van der Waals surface area contributed by atoms with E-state index in [-0.39, 0.29) is 0 Å². The van der Waals surface area contributed by atoms with E-state index < -0.39 is 0 Å². The number of aryl methyl sites for hydroxylation is 2. The van der Waals surface area contributed by atoms with Gasteiger partial charge in [-0.25, -0.2) is 0 Å². The molecule has 4 nitrogen and oxygen atoms in total. The van der Waals surface area contributed by atoms with E-state index in [0.717, 1.165) is 17.9 Å². The van der Waals surface area contributed by atoms with Gasteiger partial charge in [0.1, 0.15) is 0 Å². The normalized spacial score (nSPS) is 10.9. The lowest BCUT2D eigenvalue weighted by atomic mass is 10.0. The molecule has 0 saturated heterocycles. The molecule has 0 fully saturated rings. The minimum absolute atomic E-state index is 0.537. The average Bonchev–Trinajstić information content (AvgIpc) is 2.74. The van der Waals surface area contributed by atoms with E-state index in [1.807, 2.05) is 30.6 Å². The van der Waals surface area contributed by atoms with Crippen molar-refractivity contribution < 1.29 is 0 Å². The number of hydrogen-bond donors (Lipinski definition) is 1. The topological polar surface area (TPSA) is 33.1 Å². The first-order valence-corrected chi connectivity index (χ1v) is 8.31. The van der Waals surface area contributed by atoms with Crippen molar-refractivity contribution in [3.05, 3.63) is 46.8 Å². The molecule has 0 unspecified atom stereocenters. The van der Waals surface area contributed by atoms with Crippen LogP contribution in [0.3, 0.4) is 0 Å². The predicted octanol–water partition coefficient (Wildman–Crippen LogP) is 3.99. The Morgan fingerprint density at radius 3 is 2.35 bits per heavy atom. The highest BCUT2D eigenvalue weighted by Crippen LogP contribution is 2.18. The summed E-state index contributed by atoms with van der Waals surface area (Å²) in [7, 11) is 3.97. The number of anilines is 1. The molecule has 2 aromatic rings. The van der Waals surface area contributed by atoms with Crippen molar-refractivity contribution in [2.45, 2.75) is 40.2 Å². The molecule has 2 rings (SSSR count). The molecule has 0 atom stereocenters. The van der Waals surface area contributed by atoms with E-state index in [0.29, 0.717) is 11.0 Å². The smallest absolute Gasteiger partial charge is 0.173 e. The molecule has 0 radical (unpaired) electrons. The lowest BCUT2D eigenvalue weighted by Gasteiger charge is -2.21.